The zero-order valence-corrected chi connectivity index (χ0v) is 20.7. The van der Waals surface area contributed by atoms with E-state index in [9.17, 15) is 24.4 Å². The molecule has 190 valence electrons. The number of nitrogens with zero attached hydrogens (tertiary/aromatic N) is 4. The molecule has 2 heterocycles. The number of unbranched alkanes of at least 4 members (excludes halogenated alkanes) is 1. The Balaban J connectivity index is 2.05. The van der Waals surface area contributed by atoms with Crippen molar-refractivity contribution in [3.63, 3.8) is 0 Å². The highest BCUT2D eigenvalue weighted by Crippen LogP contribution is 2.23. The van der Waals surface area contributed by atoms with Crippen molar-refractivity contribution in [1.82, 2.24) is 25.3 Å². The summed E-state index contributed by atoms with van der Waals surface area (Å²) in [6.07, 6.45) is 2.36. The first kappa shape index (κ1) is 27.3. The van der Waals surface area contributed by atoms with Crippen LogP contribution in [0.25, 0.3) is 0 Å². The fraction of sp³-hybridized carbons (Fsp3) is 0.696. The summed E-state index contributed by atoms with van der Waals surface area (Å²) in [6.45, 7) is 10.5. The maximum Gasteiger partial charge on any atom is 0.276 e. The topological polar surface area (TPSA) is 136 Å². The average molecular weight is 480 g/mol. The molecule has 1 fully saturated rings. The quantitative estimate of drug-likeness (QED) is 0.294. The van der Waals surface area contributed by atoms with Gasteiger partial charge in [-0.1, -0.05) is 45.7 Å². The Labute approximate surface area is 200 Å². The molecule has 0 aliphatic carbocycles. The van der Waals surface area contributed by atoms with Crippen LogP contribution in [0.1, 0.15) is 63.2 Å². The number of aryl methyl sites for hydroxylation is 1. The Kier molecular flexibility index (Phi) is 9.60. The molecule has 2 rings (SSSR count). The molecule has 0 saturated carbocycles. The first-order chi connectivity index (χ1) is 16.0. The fourth-order valence-electron chi connectivity index (χ4n) is 3.88. The van der Waals surface area contributed by atoms with Crippen molar-refractivity contribution >= 4 is 24.1 Å². The Bertz CT molecular complexity index is 856. The lowest BCUT2D eigenvalue weighted by molar-refractivity contribution is -0.155. The Morgan fingerprint density at radius 3 is 2.35 bits per heavy atom. The van der Waals surface area contributed by atoms with E-state index in [-0.39, 0.29) is 36.4 Å². The van der Waals surface area contributed by atoms with Crippen LogP contribution in [0.4, 0.5) is 0 Å². The second-order valence-electron chi connectivity index (χ2n) is 9.81. The second-order valence-corrected chi connectivity index (χ2v) is 9.81. The van der Waals surface area contributed by atoms with Crippen molar-refractivity contribution in [2.45, 2.75) is 59.9 Å². The van der Waals surface area contributed by atoms with Crippen LogP contribution in [-0.4, -0.2) is 88.1 Å². The van der Waals surface area contributed by atoms with Crippen LogP contribution in [-0.2, 0) is 14.4 Å². The molecular formula is C23H37N5O6. The first-order valence-corrected chi connectivity index (χ1v) is 11.7. The van der Waals surface area contributed by atoms with E-state index in [1.807, 2.05) is 27.7 Å². The molecule has 1 aromatic heterocycles. The van der Waals surface area contributed by atoms with Gasteiger partial charge in [0.25, 0.3) is 5.91 Å². The molecule has 1 aliphatic rings. The van der Waals surface area contributed by atoms with Gasteiger partial charge >= 0.3 is 0 Å². The third kappa shape index (κ3) is 7.28. The molecule has 11 nitrogen and oxygen atoms in total. The molecule has 0 aromatic carbocycles. The maximum absolute atomic E-state index is 13.4. The van der Waals surface area contributed by atoms with Gasteiger partial charge in [0.1, 0.15) is 11.8 Å². The second kappa shape index (κ2) is 12.0. The predicted molar refractivity (Wildman–Crippen MR) is 123 cm³/mol. The minimum atomic E-state index is -0.798. The summed E-state index contributed by atoms with van der Waals surface area (Å²) in [5.41, 5.74) is -0.333. The number of aromatic nitrogens is 1. The number of nitrogens with one attached hydrogen (secondary N) is 1. The Morgan fingerprint density at radius 2 is 1.85 bits per heavy atom. The van der Waals surface area contributed by atoms with Gasteiger partial charge in [-0.15, -0.1) is 0 Å². The van der Waals surface area contributed by atoms with E-state index < -0.39 is 17.4 Å². The number of hydrogen-bond donors (Lipinski definition) is 2. The van der Waals surface area contributed by atoms with Gasteiger partial charge in [-0.25, -0.2) is 5.06 Å². The monoisotopic (exact) mass is 479 g/mol. The highest BCUT2D eigenvalue weighted by Gasteiger charge is 2.38. The van der Waals surface area contributed by atoms with Gasteiger partial charge < -0.3 is 19.6 Å². The van der Waals surface area contributed by atoms with E-state index in [2.05, 4.69) is 10.5 Å². The smallest absolute Gasteiger partial charge is 0.276 e. The molecular weight excluding hydrogens is 442 g/mol. The van der Waals surface area contributed by atoms with Crippen molar-refractivity contribution in [1.29, 1.82) is 0 Å². The molecule has 1 aromatic rings. The van der Waals surface area contributed by atoms with Crippen LogP contribution in [0, 0.1) is 18.3 Å². The Hall–Kier alpha value is -2.95. The van der Waals surface area contributed by atoms with Gasteiger partial charge in [-0.05, 0) is 18.8 Å². The van der Waals surface area contributed by atoms with Crippen LogP contribution in [0.2, 0.25) is 0 Å². The summed E-state index contributed by atoms with van der Waals surface area (Å²) in [5, 5.41) is 16.7. The number of piperazine rings is 1. The zero-order valence-electron chi connectivity index (χ0n) is 20.7. The van der Waals surface area contributed by atoms with Gasteiger partial charge in [0.15, 0.2) is 5.69 Å². The lowest BCUT2D eigenvalue weighted by Crippen LogP contribution is -2.60. The summed E-state index contributed by atoms with van der Waals surface area (Å²) in [7, 11) is 0. The molecule has 1 saturated heterocycles. The van der Waals surface area contributed by atoms with E-state index >= 15 is 0 Å². The van der Waals surface area contributed by atoms with Crippen molar-refractivity contribution < 1.29 is 28.9 Å². The molecule has 0 bridgehead atoms. The summed E-state index contributed by atoms with van der Waals surface area (Å²) < 4.78 is 4.98. The molecule has 1 aliphatic heterocycles. The van der Waals surface area contributed by atoms with Crippen molar-refractivity contribution in [3.05, 3.63) is 17.5 Å². The molecule has 2 N–H and O–H groups in total. The fourth-order valence-corrected chi connectivity index (χ4v) is 3.88. The van der Waals surface area contributed by atoms with Crippen LogP contribution in [0.15, 0.2) is 10.6 Å². The number of amides is 4. The summed E-state index contributed by atoms with van der Waals surface area (Å²) in [5.74, 6) is -0.926. The van der Waals surface area contributed by atoms with Gasteiger partial charge in [0, 0.05) is 32.2 Å². The lowest BCUT2D eigenvalue weighted by Gasteiger charge is -2.39. The Morgan fingerprint density at radius 1 is 1.24 bits per heavy atom. The number of carbonyl (C=O) groups excluding carboxylic acids is 4. The number of carbonyl (C=O) groups is 4. The number of rotatable bonds is 10. The standard InChI is InChI=1S/C23H37N5O6/c1-6-7-8-17(14-28(33)15-29)20(30)24-19(23(3,4)5)22(32)27-11-9-26(10-12-27)21(31)18-13-16(2)34-25-18/h13,15,17,19,33H,6-12,14H2,1-5H3,(H,24,30)/t17-,19?/m1/s1. The van der Waals surface area contributed by atoms with E-state index in [0.29, 0.717) is 43.4 Å². The highest BCUT2D eigenvalue weighted by atomic mass is 16.5. The molecule has 34 heavy (non-hydrogen) atoms. The van der Waals surface area contributed by atoms with Crippen LogP contribution >= 0.6 is 0 Å². The molecule has 0 radical (unpaired) electrons. The van der Waals surface area contributed by atoms with Gasteiger partial charge in [0.2, 0.25) is 18.2 Å². The van der Waals surface area contributed by atoms with Gasteiger partial charge in [0.05, 0.1) is 12.5 Å². The van der Waals surface area contributed by atoms with Gasteiger partial charge in [-0.3, -0.25) is 24.4 Å². The van der Waals surface area contributed by atoms with E-state index in [4.69, 9.17) is 4.52 Å². The third-order valence-corrected chi connectivity index (χ3v) is 5.93. The van der Waals surface area contributed by atoms with Crippen LogP contribution in [0.5, 0.6) is 0 Å². The molecule has 2 atom stereocenters. The van der Waals surface area contributed by atoms with Crippen molar-refractivity contribution in [2.75, 3.05) is 32.7 Å². The minimum absolute atomic E-state index is 0.136. The van der Waals surface area contributed by atoms with Crippen LogP contribution < -0.4 is 5.32 Å². The zero-order chi connectivity index (χ0) is 25.5. The van der Waals surface area contributed by atoms with Crippen molar-refractivity contribution in [2.24, 2.45) is 11.3 Å². The largest absolute Gasteiger partial charge is 0.361 e. The SMILES string of the molecule is CCCC[C@H](CN(O)C=O)C(=O)NC(C(=O)N1CCN(C(=O)c2cc(C)on2)CC1)C(C)(C)C. The summed E-state index contributed by atoms with van der Waals surface area (Å²) >= 11 is 0. The first-order valence-electron chi connectivity index (χ1n) is 11.7. The normalized spacial score (nSPS) is 16.1. The third-order valence-electron chi connectivity index (χ3n) is 5.93. The predicted octanol–water partition coefficient (Wildman–Crippen LogP) is 1.45. The van der Waals surface area contributed by atoms with E-state index in [1.54, 1.807) is 22.8 Å². The molecule has 4 amide bonds. The number of hydroxylamine groups is 2. The summed E-state index contributed by atoms with van der Waals surface area (Å²) in [6, 6.07) is 0.783. The summed E-state index contributed by atoms with van der Waals surface area (Å²) in [4.78, 5) is 53.2. The van der Waals surface area contributed by atoms with Crippen molar-refractivity contribution in [3.8, 4) is 0 Å². The lowest BCUT2D eigenvalue weighted by atomic mass is 9.85. The maximum atomic E-state index is 13.4. The highest BCUT2D eigenvalue weighted by molar-refractivity contribution is 5.93. The van der Waals surface area contributed by atoms with E-state index in [1.165, 1.54) is 0 Å². The number of hydrogen-bond acceptors (Lipinski definition) is 7. The van der Waals surface area contributed by atoms with E-state index in [0.717, 1.165) is 12.8 Å². The van der Waals surface area contributed by atoms with Gasteiger partial charge in [-0.2, -0.15) is 0 Å². The molecule has 0 spiro atoms. The average Bonchev–Trinajstić information content (AvgIpc) is 3.24. The van der Waals surface area contributed by atoms with Crippen LogP contribution in [0.3, 0.4) is 0 Å². The molecule has 11 heteroatoms. The molecule has 1 unspecified atom stereocenters. The minimum Gasteiger partial charge on any atom is -0.361 e.